The number of benzene rings is 2. The average molecular weight is 311 g/mol. The normalized spacial score (nSPS) is 13.4. The first-order valence-electron chi connectivity index (χ1n) is 8.69. The molecule has 0 heterocycles. The van der Waals surface area contributed by atoms with Crippen LogP contribution in [0.4, 0.5) is 5.69 Å². The first-order valence-corrected chi connectivity index (χ1v) is 8.69. The van der Waals surface area contributed by atoms with Gasteiger partial charge >= 0.3 is 0 Å². The van der Waals surface area contributed by atoms with Gasteiger partial charge in [0.05, 0.1) is 0 Å². The van der Waals surface area contributed by atoms with Gasteiger partial charge in [0, 0.05) is 12.7 Å². The van der Waals surface area contributed by atoms with Crippen LogP contribution < -0.4 is 10.1 Å². The van der Waals surface area contributed by atoms with Crippen LogP contribution in [0, 0.1) is 0 Å². The average Bonchev–Trinajstić information content (AvgIpc) is 2.61. The van der Waals surface area contributed by atoms with Gasteiger partial charge in [-0.15, -0.1) is 0 Å². The van der Waals surface area contributed by atoms with Crippen LogP contribution in [0.1, 0.15) is 63.5 Å². The molecule has 0 amide bonds. The SMILES string of the molecule is CCC(C)c1cccc(C(C)CC)c1Oc1ccc(NC)cc1. The number of hydrogen-bond donors (Lipinski definition) is 1. The van der Waals surface area contributed by atoms with E-state index in [9.17, 15) is 0 Å². The molecule has 2 atom stereocenters. The Kier molecular flexibility index (Phi) is 6.09. The molecule has 1 N–H and O–H groups in total. The summed E-state index contributed by atoms with van der Waals surface area (Å²) in [5, 5.41) is 3.14. The van der Waals surface area contributed by atoms with Crippen LogP contribution in [0.3, 0.4) is 0 Å². The molecule has 2 rings (SSSR count). The second-order valence-corrected chi connectivity index (χ2v) is 6.26. The van der Waals surface area contributed by atoms with Crippen LogP contribution in [0.2, 0.25) is 0 Å². The molecule has 0 aromatic heterocycles. The minimum atomic E-state index is 0.491. The maximum absolute atomic E-state index is 6.36. The van der Waals surface area contributed by atoms with Crippen molar-refractivity contribution in [3.8, 4) is 11.5 Å². The molecular weight excluding hydrogens is 282 g/mol. The summed E-state index contributed by atoms with van der Waals surface area (Å²) in [6.45, 7) is 9.00. The Morgan fingerprint density at radius 1 is 0.870 bits per heavy atom. The highest BCUT2D eigenvalue weighted by molar-refractivity contribution is 5.50. The zero-order chi connectivity index (χ0) is 16.8. The van der Waals surface area contributed by atoms with E-state index in [0.717, 1.165) is 30.0 Å². The van der Waals surface area contributed by atoms with E-state index in [-0.39, 0.29) is 0 Å². The van der Waals surface area contributed by atoms with Crippen molar-refractivity contribution in [3.63, 3.8) is 0 Å². The Morgan fingerprint density at radius 2 is 1.39 bits per heavy atom. The number of ether oxygens (including phenoxy) is 1. The van der Waals surface area contributed by atoms with E-state index in [1.807, 2.05) is 31.3 Å². The van der Waals surface area contributed by atoms with Gasteiger partial charge < -0.3 is 10.1 Å². The third-order valence-corrected chi connectivity index (χ3v) is 4.73. The van der Waals surface area contributed by atoms with Crippen molar-refractivity contribution < 1.29 is 4.74 Å². The van der Waals surface area contributed by atoms with E-state index in [1.165, 1.54) is 11.1 Å². The lowest BCUT2D eigenvalue weighted by Gasteiger charge is -2.22. The van der Waals surface area contributed by atoms with Gasteiger partial charge in [0.2, 0.25) is 0 Å². The van der Waals surface area contributed by atoms with Gasteiger partial charge in [-0.3, -0.25) is 0 Å². The predicted octanol–water partition coefficient (Wildman–Crippen LogP) is 6.55. The lowest BCUT2D eigenvalue weighted by Crippen LogP contribution is -2.02. The molecule has 0 aliphatic heterocycles. The quantitative estimate of drug-likeness (QED) is 0.626. The lowest BCUT2D eigenvalue weighted by molar-refractivity contribution is 0.458. The summed E-state index contributed by atoms with van der Waals surface area (Å²) in [6, 6.07) is 14.7. The Balaban J connectivity index is 2.43. The molecule has 0 aliphatic carbocycles. The maximum Gasteiger partial charge on any atom is 0.134 e. The largest absolute Gasteiger partial charge is 0.457 e. The van der Waals surface area contributed by atoms with Crippen molar-refractivity contribution in [1.82, 2.24) is 0 Å². The number of para-hydroxylation sites is 1. The second kappa shape index (κ2) is 8.05. The number of hydrogen-bond acceptors (Lipinski definition) is 2. The molecule has 2 nitrogen and oxygen atoms in total. The second-order valence-electron chi connectivity index (χ2n) is 6.26. The smallest absolute Gasteiger partial charge is 0.134 e. The maximum atomic E-state index is 6.36. The van der Waals surface area contributed by atoms with E-state index >= 15 is 0 Å². The zero-order valence-corrected chi connectivity index (χ0v) is 15.0. The van der Waals surface area contributed by atoms with E-state index in [4.69, 9.17) is 4.74 Å². The summed E-state index contributed by atoms with van der Waals surface area (Å²) in [6.07, 6.45) is 2.22. The Bertz CT molecular complexity index is 590. The van der Waals surface area contributed by atoms with Crippen molar-refractivity contribution >= 4 is 5.69 Å². The summed E-state index contributed by atoms with van der Waals surface area (Å²) in [4.78, 5) is 0. The third kappa shape index (κ3) is 4.07. The summed E-state index contributed by atoms with van der Waals surface area (Å²) >= 11 is 0. The third-order valence-electron chi connectivity index (χ3n) is 4.73. The fourth-order valence-corrected chi connectivity index (χ4v) is 2.71. The molecule has 0 saturated heterocycles. The van der Waals surface area contributed by atoms with E-state index in [1.54, 1.807) is 0 Å². The van der Waals surface area contributed by atoms with Crippen LogP contribution in [0.15, 0.2) is 42.5 Å². The lowest BCUT2D eigenvalue weighted by atomic mass is 9.90. The molecule has 2 aromatic carbocycles. The molecule has 0 bridgehead atoms. The van der Waals surface area contributed by atoms with Gasteiger partial charge in [-0.2, -0.15) is 0 Å². The summed E-state index contributed by atoms with van der Waals surface area (Å²) in [7, 11) is 1.93. The molecule has 23 heavy (non-hydrogen) atoms. The minimum absolute atomic E-state index is 0.491. The van der Waals surface area contributed by atoms with Crippen LogP contribution in [-0.4, -0.2) is 7.05 Å². The van der Waals surface area contributed by atoms with Crippen LogP contribution in [-0.2, 0) is 0 Å². The number of rotatable bonds is 7. The molecule has 2 unspecified atom stereocenters. The van der Waals surface area contributed by atoms with Crippen LogP contribution in [0.25, 0.3) is 0 Å². The van der Waals surface area contributed by atoms with Crippen molar-refractivity contribution in [2.45, 2.75) is 52.4 Å². The summed E-state index contributed by atoms with van der Waals surface area (Å²) in [5.41, 5.74) is 3.71. The van der Waals surface area contributed by atoms with Crippen LogP contribution >= 0.6 is 0 Å². The monoisotopic (exact) mass is 311 g/mol. The number of anilines is 1. The molecule has 0 fully saturated rings. The van der Waals surface area contributed by atoms with Crippen molar-refractivity contribution in [2.75, 3.05) is 12.4 Å². The van der Waals surface area contributed by atoms with Gasteiger partial charge in [0.15, 0.2) is 0 Å². The molecular formula is C21H29NO. The van der Waals surface area contributed by atoms with Crippen molar-refractivity contribution in [3.05, 3.63) is 53.6 Å². The number of nitrogens with one attached hydrogen (secondary N) is 1. The Hall–Kier alpha value is -1.96. The van der Waals surface area contributed by atoms with Crippen molar-refractivity contribution in [2.24, 2.45) is 0 Å². The highest BCUT2D eigenvalue weighted by atomic mass is 16.5. The van der Waals surface area contributed by atoms with Crippen molar-refractivity contribution in [1.29, 1.82) is 0 Å². The van der Waals surface area contributed by atoms with Gasteiger partial charge in [-0.1, -0.05) is 45.9 Å². The molecule has 0 saturated carbocycles. The Labute approximate surface area is 140 Å². The summed E-state index contributed by atoms with van der Waals surface area (Å²) < 4.78 is 6.36. The van der Waals surface area contributed by atoms with Gasteiger partial charge in [-0.05, 0) is 60.1 Å². The van der Waals surface area contributed by atoms with Gasteiger partial charge in [0.25, 0.3) is 0 Å². The fraction of sp³-hybridized carbons (Fsp3) is 0.429. The zero-order valence-electron chi connectivity index (χ0n) is 15.0. The van der Waals surface area contributed by atoms with E-state index < -0.39 is 0 Å². The fourth-order valence-electron chi connectivity index (χ4n) is 2.71. The van der Waals surface area contributed by atoms with E-state index in [0.29, 0.717) is 11.8 Å². The topological polar surface area (TPSA) is 21.3 Å². The molecule has 2 aromatic rings. The Morgan fingerprint density at radius 3 is 1.83 bits per heavy atom. The highest BCUT2D eigenvalue weighted by Gasteiger charge is 2.18. The molecule has 0 radical (unpaired) electrons. The van der Waals surface area contributed by atoms with Gasteiger partial charge in [-0.25, -0.2) is 0 Å². The predicted molar refractivity (Wildman–Crippen MR) is 99.9 cm³/mol. The summed E-state index contributed by atoms with van der Waals surface area (Å²) in [5.74, 6) is 2.92. The first-order chi connectivity index (χ1) is 11.1. The van der Waals surface area contributed by atoms with Crippen LogP contribution in [0.5, 0.6) is 11.5 Å². The standard InChI is InChI=1S/C21H29NO/c1-6-15(3)19-9-8-10-20(16(4)7-2)21(19)23-18-13-11-17(22-5)12-14-18/h8-16,22H,6-7H2,1-5H3. The minimum Gasteiger partial charge on any atom is -0.457 e. The molecule has 0 spiro atoms. The molecule has 2 heteroatoms. The highest BCUT2D eigenvalue weighted by Crippen LogP contribution is 2.39. The molecule has 0 aliphatic rings. The van der Waals surface area contributed by atoms with E-state index in [2.05, 4.69) is 51.2 Å². The first kappa shape index (κ1) is 17.4. The van der Waals surface area contributed by atoms with Gasteiger partial charge in [0.1, 0.15) is 11.5 Å². The molecule has 124 valence electrons.